The van der Waals surface area contributed by atoms with Crippen molar-refractivity contribution in [3.8, 4) is 0 Å². The van der Waals surface area contributed by atoms with E-state index in [1.165, 1.54) is 57.6 Å². The summed E-state index contributed by atoms with van der Waals surface area (Å²) in [6.45, 7) is 12.2. The molecule has 0 unspecified atom stereocenters. The number of rotatable bonds is 23. The quantitative estimate of drug-likeness (QED) is 0.0434. The molecule has 12 rings (SSSR count). The first kappa shape index (κ1) is 77.2. The van der Waals surface area contributed by atoms with Gasteiger partial charge in [0.05, 0.1) is 14.7 Å². The molecule has 0 aliphatic carbocycles. The van der Waals surface area contributed by atoms with E-state index in [-0.39, 0.29) is 58.3 Å². The molecule has 0 atom stereocenters. The number of nitrogens with one attached hydrogen (secondary N) is 4. The largest absolute Gasteiger partial charge is 0.368 e. The lowest BCUT2D eigenvalue weighted by Gasteiger charge is -2.37. The Bertz CT molecular complexity index is 4230. The second kappa shape index (κ2) is 38.3. The number of sulfonamides is 2. The maximum absolute atomic E-state index is 12.6. The number of anilines is 9. The average Bonchev–Trinajstić information content (AvgIpc) is 0.840. The third kappa shape index (κ3) is 23.5. The zero-order valence-electron chi connectivity index (χ0n) is 57.9. The summed E-state index contributed by atoms with van der Waals surface area (Å²) >= 11 is 0. The van der Waals surface area contributed by atoms with E-state index >= 15 is 0 Å². The van der Waals surface area contributed by atoms with Gasteiger partial charge in [0.25, 0.3) is 9.05 Å². The molecule has 0 saturated carbocycles. The van der Waals surface area contributed by atoms with Gasteiger partial charge >= 0.3 is 0 Å². The highest BCUT2D eigenvalue weighted by Gasteiger charge is 2.25. The Morgan fingerprint density at radius 2 is 0.583 bits per heavy atom. The normalized spacial score (nSPS) is 14.0. The van der Waals surface area contributed by atoms with Crippen molar-refractivity contribution >= 4 is 109 Å². The molecule has 4 N–H and O–H groups in total. The highest BCUT2D eigenvalue weighted by atomic mass is 35.7. The van der Waals surface area contributed by atoms with Crippen LogP contribution in [0.15, 0.2) is 252 Å². The van der Waals surface area contributed by atoms with Crippen LogP contribution < -0.4 is 50.7 Å². The molecule has 3 fully saturated rings. The molecule has 0 spiro atoms. The summed E-state index contributed by atoms with van der Waals surface area (Å²) in [5, 5.41) is 11.6. The van der Waals surface area contributed by atoms with Crippen LogP contribution in [0.2, 0.25) is 0 Å². The van der Waals surface area contributed by atoms with Crippen LogP contribution in [0.5, 0.6) is 0 Å². The molecule has 28 heteroatoms. The van der Waals surface area contributed by atoms with Gasteiger partial charge in [-0.2, -0.15) is 0 Å². The van der Waals surface area contributed by atoms with Crippen LogP contribution in [-0.2, 0) is 43.5 Å². The molecule has 9 aromatic rings. The van der Waals surface area contributed by atoms with Gasteiger partial charge in [-0.15, -0.1) is 0 Å². The van der Waals surface area contributed by atoms with Gasteiger partial charge in [0.1, 0.15) is 0 Å². The molecule has 3 saturated heterocycles. The number of pyridine rings is 3. The first-order valence-electron chi connectivity index (χ1n) is 33.8. The second-order valence-electron chi connectivity index (χ2n) is 24.2. The number of hydrogen-bond donors (Lipinski definition) is 4. The second-order valence-corrected chi connectivity index (χ2v) is 30.9. The predicted molar refractivity (Wildman–Crippen MR) is 411 cm³/mol. The number of halogens is 1. The first-order valence-corrected chi connectivity index (χ1v) is 39.0. The summed E-state index contributed by atoms with van der Waals surface area (Å²) in [6.07, 6.45) is 11.6. The Morgan fingerprint density at radius 3 is 0.816 bits per heavy atom. The summed E-state index contributed by atoms with van der Waals surface area (Å²) in [5.74, 6) is -0.421. The van der Waals surface area contributed by atoms with Gasteiger partial charge in [-0.05, 0) is 153 Å². The van der Waals surface area contributed by atoms with E-state index < -0.39 is 29.1 Å². The Labute approximate surface area is 609 Å². The number of carbonyl (C=O) groups excluding carboxylic acids is 3. The number of benzene rings is 6. The molecule has 3 aromatic heterocycles. The maximum atomic E-state index is 12.6. The van der Waals surface area contributed by atoms with Crippen LogP contribution in [0.4, 0.5) is 51.2 Å². The lowest BCUT2D eigenvalue weighted by molar-refractivity contribution is -0.117. The van der Waals surface area contributed by atoms with Crippen LogP contribution in [0.1, 0.15) is 19.3 Å². The van der Waals surface area contributed by atoms with Crippen molar-refractivity contribution in [2.45, 2.75) is 33.9 Å². The van der Waals surface area contributed by atoms with E-state index in [0.717, 1.165) is 95.6 Å². The van der Waals surface area contributed by atoms with Gasteiger partial charge < -0.3 is 50.7 Å². The molecule has 0 bridgehead atoms. The molecule has 3 amide bonds. The topological polar surface area (TPSA) is 266 Å². The SMILES string of the molecule is CN(CCC(=O)Nc1ccc(N2CCN(c3ccncc3)CC2)cc1)S(=O)(=O)c1ccccc1.CN(CCC(=O)Nc1ccc(N2CCN(c3ccncc3)CC2)cc1)S(=O)(=O)c1ccccc1.CNCCC(=O)Nc1ccc(N2CCN(c3ccncc3)CC2)cc1.O=S(=O)(Cl)c1ccccc1. The molecule has 6 heterocycles. The first-order chi connectivity index (χ1) is 49.7. The van der Waals surface area contributed by atoms with E-state index in [0.29, 0.717) is 24.3 Å². The Hall–Kier alpha value is -10.0. The molecular formula is C75H88ClN15O9S3. The van der Waals surface area contributed by atoms with Crippen molar-refractivity contribution in [3.63, 3.8) is 0 Å². The van der Waals surface area contributed by atoms with Gasteiger partial charge in [0.2, 0.25) is 37.8 Å². The van der Waals surface area contributed by atoms with Crippen LogP contribution in [0.25, 0.3) is 0 Å². The molecular weight excluding hydrogens is 1390 g/mol. The number of aromatic nitrogens is 3. The van der Waals surface area contributed by atoms with Gasteiger partial charge in [-0.25, -0.2) is 33.9 Å². The Morgan fingerprint density at radius 1 is 0.350 bits per heavy atom. The minimum absolute atomic E-state index is 0.0352. The van der Waals surface area contributed by atoms with Crippen molar-refractivity contribution in [2.75, 3.05) is 165 Å². The maximum Gasteiger partial charge on any atom is 0.261 e. The minimum Gasteiger partial charge on any atom is -0.368 e. The number of carbonyl (C=O) groups is 3. The van der Waals surface area contributed by atoms with Crippen molar-refractivity contribution in [1.82, 2.24) is 28.9 Å². The summed E-state index contributed by atoms with van der Waals surface area (Å²) in [6, 6.07) is 60.2. The molecule has 0 radical (unpaired) electrons. The third-order valence-electron chi connectivity index (χ3n) is 17.3. The summed E-state index contributed by atoms with van der Waals surface area (Å²) < 4.78 is 73.9. The fourth-order valence-corrected chi connectivity index (χ4v) is 14.6. The van der Waals surface area contributed by atoms with Gasteiger partial charge in [0.15, 0.2) is 0 Å². The Balaban J connectivity index is 0.000000169. The molecule has 24 nitrogen and oxygen atoms in total. The van der Waals surface area contributed by atoms with E-state index in [1.807, 2.05) is 129 Å². The lowest BCUT2D eigenvalue weighted by atomic mass is 10.2. The highest BCUT2D eigenvalue weighted by molar-refractivity contribution is 8.13. The van der Waals surface area contributed by atoms with Crippen LogP contribution in [0, 0.1) is 0 Å². The number of piperazine rings is 3. The van der Waals surface area contributed by atoms with Gasteiger partial charge in [0, 0.05) is 231 Å². The smallest absolute Gasteiger partial charge is 0.261 e. The zero-order valence-corrected chi connectivity index (χ0v) is 61.1. The van der Waals surface area contributed by atoms with Crippen molar-refractivity contribution in [2.24, 2.45) is 0 Å². The molecule has 103 heavy (non-hydrogen) atoms. The molecule has 542 valence electrons. The third-order valence-corrected chi connectivity index (χ3v) is 22.4. The summed E-state index contributed by atoms with van der Waals surface area (Å²) in [4.78, 5) is 63.4. The van der Waals surface area contributed by atoms with E-state index in [9.17, 15) is 39.6 Å². The lowest BCUT2D eigenvalue weighted by Crippen LogP contribution is -2.46. The fraction of sp³-hybridized carbons (Fsp3) is 0.280. The minimum atomic E-state index is -3.61. The average molecular weight is 1480 g/mol. The van der Waals surface area contributed by atoms with Crippen molar-refractivity contribution in [1.29, 1.82) is 0 Å². The number of hydrogen-bond acceptors (Lipinski definition) is 19. The van der Waals surface area contributed by atoms with Gasteiger partial charge in [-0.3, -0.25) is 29.3 Å². The Kier molecular flexibility index (Phi) is 28.7. The highest BCUT2D eigenvalue weighted by Crippen LogP contribution is 2.27. The van der Waals surface area contributed by atoms with Crippen molar-refractivity contribution in [3.05, 3.63) is 237 Å². The summed E-state index contributed by atoms with van der Waals surface area (Å²) in [5.41, 5.74) is 9.26. The van der Waals surface area contributed by atoms with E-state index in [4.69, 9.17) is 10.7 Å². The van der Waals surface area contributed by atoms with E-state index in [1.54, 1.807) is 78.9 Å². The number of amides is 3. The number of nitrogens with zero attached hydrogens (tertiary/aromatic N) is 11. The standard InChI is InChI=1S/2C25H29N5O3S.C19H25N5O.C6H5ClO2S/c2*1-28(34(32,33)24-5-3-2-4-6-24)16-13-25(31)27-21-7-9-22(10-8-21)29-17-19-30(20-18-29)23-11-14-26-15-12-23;1-20-9-8-19(25)22-16-2-4-17(5-3-16)23-12-14-24(15-13-23)18-6-10-21-11-7-18;7-10(8,9)6-4-2-1-3-5-6/h2*2-12,14-15H,13,16-20H2,1H3,(H,27,31);2-7,10-11,20H,8-9,12-15H2,1H3,(H,22,25);1-5H. The molecule has 6 aromatic carbocycles. The monoisotopic (exact) mass is 1470 g/mol. The molecule has 3 aliphatic heterocycles. The molecule has 3 aliphatic rings. The predicted octanol–water partition coefficient (Wildman–Crippen LogP) is 9.69. The van der Waals surface area contributed by atoms with Crippen LogP contribution in [-0.4, -0.2) is 186 Å². The zero-order chi connectivity index (χ0) is 73.0. The van der Waals surface area contributed by atoms with E-state index in [2.05, 4.69) is 89.9 Å². The van der Waals surface area contributed by atoms with Crippen LogP contribution in [0.3, 0.4) is 0 Å². The van der Waals surface area contributed by atoms with Gasteiger partial charge in [-0.1, -0.05) is 54.6 Å². The summed E-state index contributed by atoms with van der Waals surface area (Å²) in [7, 11) is -0.898. The van der Waals surface area contributed by atoms with Crippen LogP contribution >= 0.6 is 10.7 Å². The van der Waals surface area contributed by atoms with Crippen molar-refractivity contribution < 1.29 is 39.6 Å². The fourth-order valence-electron chi connectivity index (χ4n) is 11.4.